The van der Waals surface area contributed by atoms with Crippen molar-refractivity contribution in [2.45, 2.75) is 115 Å². The van der Waals surface area contributed by atoms with Gasteiger partial charge in [0.2, 0.25) is 0 Å². The molecule has 2 saturated heterocycles. The van der Waals surface area contributed by atoms with Gasteiger partial charge in [-0.3, -0.25) is 9.80 Å². The van der Waals surface area contributed by atoms with E-state index in [-0.39, 0.29) is 24.3 Å². The summed E-state index contributed by atoms with van der Waals surface area (Å²) in [5.41, 5.74) is 8.63. The summed E-state index contributed by atoms with van der Waals surface area (Å²) in [5.74, 6) is 2.32. The molecule has 50 heavy (non-hydrogen) atoms. The number of imidazole rings is 2. The van der Waals surface area contributed by atoms with Crippen LogP contribution in [0.3, 0.4) is 0 Å². The SMILES string of the molecule is CC(C)(C)OC(=O)N1CCC[C@H]1c1cnc(-c2ccc3c(c2)C2CCC3c3cc(-c4cnc([C@@H]5CCCN5C(=O)OC(C)(C)C)[nH]4)ccc32)[nH]1. The third-order valence-corrected chi connectivity index (χ3v) is 10.6. The van der Waals surface area contributed by atoms with E-state index in [2.05, 4.69) is 46.4 Å². The number of likely N-dealkylation sites (tertiary alicyclic amines) is 2. The fourth-order valence-corrected chi connectivity index (χ4v) is 8.52. The number of carbonyl (C=O) groups excluding carboxylic acids is 2. The number of aromatic nitrogens is 4. The third-order valence-electron chi connectivity index (χ3n) is 10.6. The average molecular weight is 677 g/mol. The average Bonchev–Trinajstić information content (AvgIpc) is 3.89. The molecule has 10 nitrogen and oxygen atoms in total. The fourth-order valence-electron chi connectivity index (χ4n) is 8.52. The second kappa shape index (κ2) is 12.0. The number of benzene rings is 2. The molecule has 10 heteroatoms. The smallest absolute Gasteiger partial charge is 0.410 e. The molecule has 5 aliphatic rings. The molecule has 2 bridgehead atoms. The minimum atomic E-state index is -0.536. The lowest BCUT2D eigenvalue weighted by Crippen LogP contribution is -2.36. The number of nitrogens with zero attached hydrogens (tertiary/aromatic N) is 4. The number of rotatable bonds is 4. The van der Waals surface area contributed by atoms with Gasteiger partial charge in [0.15, 0.2) is 0 Å². The van der Waals surface area contributed by atoms with Gasteiger partial charge in [-0.1, -0.05) is 24.3 Å². The Hall–Kier alpha value is -4.60. The molecule has 0 radical (unpaired) electrons. The largest absolute Gasteiger partial charge is 0.444 e. The number of H-pyrrole nitrogens is 2. The number of nitrogens with one attached hydrogen (secondary N) is 2. The summed E-state index contributed by atoms with van der Waals surface area (Å²) >= 11 is 0. The predicted octanol–water partition coefficient (Wildman–Crippen LogP) is 8.98. The van der Waals surface area contributed by atoms with Crippen LogP contribution in [0.25, 0.3) is 22.6 Å². The zero-order valence-corrected chi connectivity index (χ0v) is 30.0. The number of hydrogen-bond donors (Lipinski definition) is 2. The van der Waals surface area contributed by atoms with E-state index in [1.165, 1.54) is 22.3 Å². The van der Waals surface area contributed by atoms with Crippen molar-refractivity contribution in [1.82, 2.24) is 29.7 Å². The van der Waals surface area contributed by atoms with Crippen LogP contribution in [-0.2, 0) is 9.47 Å². The van der Waals surface area contributed by atoms with Crippen molar-refractivity contribution in [3.8, 4) is 22.6 Å². The zero-order valence-electron chi connectivity index (χ0n) is 30.0. The molecule has 4 atom stereocenters. The van der Waals surface area contributed by atoms with E-state index in [0.29, 0.717) is 24.9 Å². The highest BCUT2D eigenvalue weighted by molar-refractivity contribution is 5.71. The van der Waals surface area contributed by atoms with Gasteiger partial charge < -0.3 is 19.4 Å². The Kier molecular flexibility index (Phi) is 7.84. The molecule has 2 N–H and O–H groups in total. The lowest BCUT2D eigenvalue weighted by Gasteiger charge is -2.40. The molecule has 2 aromatic heterocycles. The lowest BCUT2D eigenvalue weighted by atomic mass is 9.63. The number of amides is 2. The molecule has 4 heterocycles. The van der Waals surface area contributed by atoms with Gasteiger partial charge in [0.05, 0.1) is 35.9 Å². The Labute approximate surface area is 294 Å². The van der Waals surface area contributed by atoms with Crippen molar-refractivity contribution >= 4 is 12.2 Å². The van der Waals surface area contributed by atoms with Gasteiger partial charge in [0, 0.05) is 30.5 Å². The maximum Gasteiger partial charge on any atom is 0.410 e. The molecule has 0 spiro atoms. The van der Waals surface area contributed by atoms with Gasteiger partial charge in [-0.05, 0) is 120 Å². The summed E-state index contributed by atoms with van der Waals surface area (Å²) in [4.78, 5) is 46.1. The van der Waals surface area contributed by atoms with Crippen molar-refractivity contribution in [3.05, 3.63) is 82.6 Å². The summed E-state index contributed by atoms with van der Waals surface area (Å²) in [6.45, 7) is 12.8. The van der Waals surface area contributed by atoms with Crippen LogP contribution in [0.1, 0.15) is 138 Å². The van der Waals surface area contributed by atoms with Gasteiger partial charge in [-0.15, -0.1) is 0 Å². The van der Waals surface area contributed by atoms with Crippen LogP contribution in [0.2, 0.25) is 0 Å². The fraction of sp³-hybridized carbons (Fsp3) is 0.500. The van der Waals surface area contributed by atoms with E-state index in [9.17, 15) is 9.59 Å². The van der Waals surface area contributed by atoms with Crippen LogP contribution in [0, 0.1) is 0 Å². The van der Waals surface area contributed by atoms with Gasteiger partial charge in [0.1, 0.15) is 22.9 Å². The van der Waals surface area contributed by atoms with Crippen LogP contribution in [0.4, 0.5) is 9.59 Å². The van der Waals surface area contributed by atoms with E-state index in [1.807, 2.05) is 63.7 Å². The van der Waals surface area contributed by atoms with Gasteiger partial charge in [0.25, 0.3) is 0 Å². The lowest BCUT2D eigenvalue weighted by molar-refractivity contribution is 0.0209. The van der Waals surface area contributed by atoms with E-state index in [0.717, 1.165) is 72.7 Å². The Morgan fingerprint density at radius 3 is 1.86 bits per heavy atom. The summed E-state index contributed by atoms with van der Waals surface area (Å²) in [5, 5.41) is 0. The summed E-state index contributed by atoms with van der Waals surface area (Å²) in [6, 6.07) is 13.5. The van der Waals surface area contributed by atoms with Gasteiger partial charge in [-0.25, -0.2) is 19.6 Å². The van der Waals surface area contributed by atoms with Crippen molar-refractivity contribution in [3.63, 3.8) is 0 Å². The zero-order chi connectivity index (χ0) is 34.9. The maximum atomic E-state index is 12.9. The number of fused-ring (bicyclic) bond motifs is 1. The molecular weight excluding hydrogens is 628 g/mol. The monoisotopic (exact) mass is 676 g/mol. The van der Waals surface area contributed by atoms with Crippen LogP contribution in [-0.4, -0.2) is 66.2 Å². The molecule has 2 amide bonds. The topological polar surface area (TPSA) is 116 Å². The number of hydrogen-bond acceptors (Lipinski definition) is 6. The van der Waals surface area contributed by atoms with E-state index >= 15 is 0 Å². The van der Waals surface area contributed by atoms with Crippen LogP contribution >= 0.6 is 0 Å². The molecule has 262 valence electrons. The molecule has 2 fully saturated rings. The highest BCUT2D eigenvalue weighted by Gasteiger charge is 2.39. The van der Waals surface area contributed by atoms with Crippen molar-refractivity contribution in [2.24, 2.45) is 0 Å². The first-order valence-corrected chi connectivity index (χ1v) is 18.2. The summed E-state index contributed by atoms with van der Waals surface area (Å²) < 4.78 is 11.4. The number of aromatic amines is 2. The van der Waals surface area contributed by atoms with Crippen LogP contribution in [0.5, 0.6) is 0 Å². The molecule has 0 saturated carbocycles. The summed E-state index contributed by atoms with van der Waals surface area (Å²) in [6.07, 6.45) is 9.11. The summed E-state index contributed by atoms with van der Waals surface area (Å²) in [7, 11) is 0. The third kappa shape index (κ3) is 5.96. The minimum absolute atomic E-state index is 0.0613. The van der Waals surface area contributed by atoms with Gasteiger partial charge >= 0.3 is 12.2 Å². The second-order valence-corrected chi connectivity index (χ2v) is 16.4. The first-order chi connectivity index (χ1) is 23.8. The van der Waals surface area contributed by atoms with E-state index in [4.69, 9.17) is 19.4 Å². The first kappa shape index (κ1) is 32.6. The molecule has 3 aliphatic carbocycles. The standard InChI is InChI=1S/C40H48N6O4/c1-39(2,3)49-37(47)45-17-7-9-33(45)32-22-41-35(44-32)24-12-14-26-27-15-16-28(30(26)20-24)25-13-11-23(19-29(25)27)31-21-42-36(43-31)34-10-8-18-46(34)38(48)50-40(4,5)6/h11-14,19-22,27-28,33-34H,7-10,15-18H2,1-6H3,(H,41,44)(H,42,43)/t27?,28?,33-,34-/m0/s1. The highest BCUT2D eigenvalue weighted by atomic mass is 16.6. The Morgan fingerprint density at radius 2 is 1.24 bits per heavy atom. The molecule has 2 aliphatic heterocycles. The van der Waals surface area contributed by atoms with Crippen LogP contribution < -0.4 is 0 Å². The molecule has 2 unspecified atom stereocenters. The number of ether oxygens (including phenoxy) is 2. The molecule has 2 aromatic carbocycles. The van der Waals surface area contributed by atoms with Crippen molar-refractivity contribution < 1.29 is 19.1 Å². The van der Waals surface area contributed by atoms with Crippen molar-refractivity contribution in [2.75, 3.05) is 13.1 Å². The van der Waals surface area contributed by atoms with E-state index in [1.54, 1.807) is 0 Å². The Balaban J connectivity index is 1.01. The molecule has 9 rings (SSSR count). The molecular formula is C40H48N6O4. The normalized spacial score (nSPS) is 22.8. The Bertz CT molecular complexity index is 1810. The second-order valence-electron chi connectivity index (χ2n) is 16.4. The van der Waals surface area contributed by atoms with E-state index < -0.39 is 11.2 Å². The first-order valence-electron chi connectivity index (χ1n) is 18.2. The van der Waals surface area contributed by atoms with Crippen molar-refractivity contribution in [1.29, 1.82) is 0 Å². The van der Waals surface area contributed by atoms with Crippen LogP contribution in [0.15, 0.2) is 48.8 Å². The minimum Gasteiger partial charge on any atom is -0.444 e. The van der Waals surface area contributed by atoms with Gasteiger partial charge in [-0.2, -0.15) is 0 Å². The Morgan fingerprint density at radius 1 is 0.680 bits per heavy atom. The highest BCUT2D eigenvalue weighted by Crippen LogP contribution is 2.54. The maximum absolute atomic E-state index is 12.9. The predicted molar refractivity (Wildman–Crippen MR) is 191 cm³/mol. The number of carbonyl (C=O) groups is 2. The quantitative estimate of drug-likeness (QED) is 0.223. The molecule has 4 aromatic rings.